The summed E-state index contributed by atoms with van der Waals surface area (Å²) in [5.74, 6) is -0.355. The van der Waals surface area contributed by atoms with Crippen LogP contribution in [0, 0.1) is 5.82 Å². The number of benzene rings is 3. The number of quaternary nitrogens is 1. The van der Waals surface area contributed by atoms with E-state index >= 15 is 0 Å². The van der Waals surface area contributed by atoms with Gasteiger partial charge in [0.05, 0.1) is 19.8 Å². The lowest BCUT2D eigenvalue weighted by atomic mass is 10.0. The maximum absolute atomic E-state index is 13.4. The summed E-state index contributed by atoms with van der Waals surface area (Å²) < 4.78 is 18.9. The van der Waals surface area contributed by atoms with E-state index in [0.29, 0.717) is 25.3 Å². The molecule has 2 N–H and O–H groups in total. The highest BCUT2D eigenvalue weighted by Gasteiger charge is 2.27. The van der Waals surface area contributed by atoms with Gasteiger partial charge in [0.1, 0.15) is 24.9 Å². The van der Waals surface area contributed by atoms with E-state index in [1.54, 1.807) is 0 Å². The molecule has 154 valence electrons. The molecular formula is C25H26FN2O2+. The molecule has 0 bridgehead atoms. The van der Waals surface area contributed by atoms with Crippen LogP contribution in [0.2, 0.25) is 0 Å². The lowest BCUT2D eigenvalue weighted by Gasteiger charge is -2.32. The minimum Gasteiger partial charge on any atom is -0.370 e. The monoisotopic (exact) mass is 405 g/mol. The van der Waals surface area contributed by atoms with E-state index in [1.807, 2.05) is 66.7 Å². The van der Waals surface area contributed by atoms with Crippen molar-refractivity contribution in [3.63, 3.8) is 0 Å². The van der Waals surface area contributed by atoms with Crippen molar-refractivity contribution in [3.8, 4) is 11.1 Å². The number of carbonyl (C=O) groups excluding carboxylic acids is 1. The Hall–Kier alpha value is -3.02. The maximum atomic E-state index is 13.4. The molecule has 4 rings (SSSR count). The van der Waals surface area contributed by atoms with Gasteiger partial charge in [-0.05, 0) is 35.4 Å². The van der Waals surface area contributed by atoms with Crippen molar-refractivity contribution in [2.75, 3.05) is 32.8 Å². The molecule has 1 atom stereocenters. The minimum absolute atomic E-state index is 0.0574. The molecule has 30 heavy (non-hydrogen) atoms. The van der Waals surface area contributed by atoms with Crippen molar-refractivity contribution in [1.82, 2.24) is 5.32 Å². The minimum atomic E-state index is -0.253. The zero-order chi connectivity index (χ0) is 20.8. The zero-order valence-electron chi connectivity index (χ0n) is 16.8. The fraction of sp³-hybridized carbons (Fsp3) is 0.240. The van der Waals surface area contributed by atoms with Gasteiger partial charge in [-0.3, -0.25) is 4.79 Å². The topological polar surface area (TPSA) is 42.8 Å². The Kier molecular flexibility index (Phi) is 6.52. The molecular weight excluding hydrogens is 379 g/mol. The average molecular weight is 405 g/mol. The molecule has 0 aliphatic carbocycles. The summed E-state index contributed by atoms with van der Waals surface area (Å²) in [4.78, 5) is 14.1. The molecule has 1 saturated heterocycles. The molecule has 0 spiro atoms. The number of carbonyl (C=O) groups is 1. The number of hydrogen-bond donors (Lipinski definition) is 2. The van der Waals surface area contributed by atoms with Crippen LogP contribution in [-0.4, -0.2) is 38.8 Å². The maximum Gasteiger partial charge on any atom is 0.251 e. The van der Waals surface area contributed by atoms with Crippen LogP contribution in [0.15, 0.2) is 78.9 Å². The van der Waals surface area contributed by atoms with Crippen molar-refractivity contribution in [1.29, 1.82) is 0 Å². The van der Waals surface area contributed by atoms with E-state index in [9.17, 15) is 9.18 Å². The number of rotatable bonds is 6. The van der Waals surface area contributed by atoms with Gasteiger partial charge in [-0.25, -0.2) is 4.39 Å². The number of hydrogen-bond acceptors (Lipinski definition) is 2. The molecule has 3 aromatic carbocycles. The van der Waals surface area contributed by atoms with Crippen LogP contribution in [0.1, 0.15) is 22.0 Å². The van der Waals surface area contributed by atoms with Crippen LogP contribution < -0.4 is 10.2 Å². The lowest BCUT2D eigenvalue weighted by molar-refractivity contribution is -0.937. The molecule has 1 heterocycles. The lowest BCUT2D eigenvalue weighted by Crippen LogP contribution is -3.15. The van der Waals surface area contributed by atoms with E-state index < -0.39 is 0 Å². The zero-order valence-corrected chi connectivity index (χ0v) is 16.8. The third-order valence-electron chi connectivity index (χ3n) is 5.62. The summed E-state index contributed by atoms with van der Waals surface area (Å²) >= 11 is 0. The molecule has 0 radical (unpaired) electrons. The molecule has 0 saturated carbocycles. The van der Waals surface area contributed by atoms with Gasteiger partial charge in [-0.15, -0.1) is 0 Å². The largest absolute Gasteiger partial charge is 0.370 e. The summed E-state index contributed by atoms with van der Waals surface area (Å²) in [7, 11) is 0. The Morgan fingerprint density at radius 1 is 0.900 bits per heavy atom. The number of amides is 1. The third-order valence-corrected chi connectivity index (χ3v) is 5.62. The molecule has 3 aromatic rings. The van der Waals surface area contributed by atoms with Gasteiger partial charge in [-0.2, -0.15) is 0 Å². The number of morpholine rings is 1. The first-order chi connectivity index (χ1) is 14.7. The average Bonchev–Trinajstić information content (AvgIpc) is 2.81. The van der Waals surface area contributed by atoms with Gasteiger partial charge in [-0.1, -0.05) is 54.6 Å². The number of ether oxygens (including phenoxy) is 1. The van der Waals surface area contributed by atoms with Gasteiger partial charge in [0.2, 0.25) is 0 Å². The smallest absolute Gasteiger partial charge is 0.251 e. The van der Waals surface area contributed by atoms with Gasteiger partial charge in [0.15, 0.2) is 0 Å². The molecule has 1 amide bonds. The van der Waals surface area contributed by atoms with Gasteiger partial charge < -0.3 is 15.0 Å². The number of halogens is 1. The van der Waals surface area contributed by atoms with E-state index in [-0.39, 0.29) is 17.8 Å². The van der Waals surface area contributed by atoms with Gasteiger partial charge in [0, 0.05) is 11.1 Å². The molecule has 5 heteroatoms. The number of nitrogens with one attached hydrogen (secondary N) is 2. The summed E-state index contributed by atoms with van der Waals surface area (Å²) in [6, 6.07) is 24.4. The predicted molar refractivity (Wildman–Crippen MR) is 115 cm³/mol. The van der Waals surface area contributed by atoms with Crippen LogP contribution in [0.5, 0.6) is 0 Å². The molecule has 0 unspecified atom stereocenters. The fourth-order valence-electron chi connectivity index (χ4n) is 3.92. The van der Waals surface area contributed by atoms with Crippen LogP contribution in [-0.2, 0) is 4.74 Å². The summed E-state index contributed by atoms with van der Waals surface area (Å²) in [5, 5.41) is 3.07. The second-order valence-electron chi connectivity index (χ2n) is 7.53. The van der Waals surface area contributed by atoms with E-state index in [2.05, 4.69) is 5.32 Å². The molecule has 1 aliphatic heterocycles. The van der Waals surface area contributed by atoms with Gasteiger partial charge in [0.25, 0.3) is 5.91 Å². The Balaban J connectivity index is 1.44. The first kappa shape index (κ1) is 20.3. The van der Waals surface area contributed by atoms with Crippen molar-refractivity contribution in [3.05, 3.63) is 95.8 Å². The summed E-state index contributed by atoms with van der Waals surface area (Å²) in [5.41, 5.74) is 3.85. The SMILES string of the molecule is O=C(NC[C@H](c1ccc(F)cc1)[NH+]1CCOCC1)c1ccc(-c2ccccc2)cc1. The first-order valence-electron chi connectivity index (χ1n) is 10.3. The van der Waals surface area contributed by atoms with Crippen LogP contribution in [0.4, 0.5) is 4.39 Å². The molecule has 0 aromatic heterocycles. The Bertz CT molecular complexity index is 953. The third kappa shape index (κ3) is 4.93. The van der Waals surface area contributed by atoms with E-state index in [4.69, 9.17) is 4.74 Å². The van der Waals surface area contributed by atoms with Crippen molar-refractivity contribution < 1.29 is 18.8 Å². The van der Waals surface area contributed by atoms with Crippen LogP contribution in [0.3, 0.4) is 0 Å². The Morgan fingerprint density at radius 3 is 2.20 bits per heavy atom. The summed E-state index contributed by atoms with van der Waals surface area (Å²) in [6.45, 7) is 3.61. The highest BCUT2D eigenvalue weighted by Crippen LogP contribution is 2.19. The Morgan fingerprint density at radius 2 is 1.53 bits per heavy atom. The van der Waals surface area contributed by atoms with Crippen molar-refractivity contribution >= 4 is 5.91 Å². The molecule has 1 aliphatic rings. The quantitative estimate of drug-likeness (QED) is 0.662. The van der Waals surface area contributed by atoms with E-state index in [1.165, 1.54) is 17.0 Å². The second-order valence-corrected chi connectivity index (χ2v) is 7.53. The van der Waals surface area contributed by atoms with Crippen LogP contribution >= 0.6 is 0 Å². The molecule has 1 fully saturated rings. The summed E-state index contributed by atoms with van der Waals surface area (Å²) in [6.07, 6.45) is 0. The first-order valence-corrected chi connectivity index (χ1v) is 10.3. The standard InChI is InChI=1S/C25H25FN2O2/c26-23-12-10-21(11-13-23)24(28-14-16-30-17-15-28)18-27-25(29)22-8-6-20(7-9-22)19-4-2-1-3-5-19/h1-13,24H,14-18H2,(H,27,29)/p+1/t24-/m1/s1. The Labute approximate surface area is 176 Å². The van der Waals surface area contributed by atoms with Crippen LogP contribution in [0.25, 0.3) is 11.1 Å². The van der Waals surface area contributed by atoms with Gasteiger partial charge >= 0.3 is 0 Å². The molecule has 4 nitrogen and oxygen atoms in total. The predicted octanol–water partition coefficient (Wildman–Crippen LogP) is 2.88. The fourth-order valence-corrected chi connectivity index (χ4v) is 3.92. The van der Waals surface area contributed by atoms with Crippen molar-refractivity contribution in [2.24, 2.45) is 0 Å². The van der Waals surface area contributed by atoms with E-state index in [0.717, 1.165) is 29.8 Å². The van der Waals surface area contributed by atoms with Crippen molar-refractivity contribution in [2.45, 2.75) is 6.04 Å². The normalized spacial score (nSPS) is 15.5. The second kappa shape index (κ2) is 9.65. The highest BCUT2D eigenvalue weighted by atomic mass is 19.1. The highest BCUT2D eigenvalue weighted by molar-refractivity contribution is 5.94.